The van der Waals surface area contributed by atoms with Crippen LogP contribution in [-0.2, 0) is 10.0 Å². The summed E-state index contributed by atoms with van der Waals surface area (Å²) >= 11 is 0. The van der Waals surface area contributed by atoms with Gasteiger partial charge in [-0.15, -0.1) is 0 Å². The third-order valence-corrected chi connectivity index (χ3v) is 6.72. The lowest BCUT2D eigenvalue weighted by atomic mass is 10.0. The summed E-state index contributed by atoms with van der Waals surface area (Å²) in [6, 6.07) is 13.3. The number of hydrogen-bond donors (Lipinski definition) is 2. The van der Waals surface area contributed by atoms with Crippen molar-refractivity contribution in [3.63, 3.8) is 0 Å². The van der Waals surface area contributed by atoms with Gasteiger partial charge in [-0.1, -0.05) is 6.07 Å². The first-order valence-corrected chi connectivity index (χ1v) is 11.6. The van der Waals surface area contributed by atoms with Crippen LogP contribution < -0.4 is 14.8 Å². The molecule has 7 nitrogen and oxygen atoms in total. The van der Waals surface area contributed by atoms with Crippen molar-refractivity contribution >= 4 is 21.6 Å². The average Bonchev–Trinajstić information content (AvgIpc) is 2.74. The van der Waals surface area contributed by atoms with Crippen LogP contribution in [0.25, 0.3) is 0 Å². The molecule has 0 saturated carbocycles. The molecular formula is C22H29N3O4S. The van der Waals surface area contributed by atoms with Crippen LogP contribution in [0.2, 0.25) is 0 Å². The molecule has 1 aliphatic rings. The monoisotopic (exact) mass is 431 g/mol. The molecule has 1 amide bonds. The zero-order valence-corrected chi connectivity index (χ0v) is 18.4. The maximum absolute atomic E-state index is 12.7. The van der Waals surface area contributed by atoms with Crippen molar-refractivity contribution in [2.75, 3.05) is 24.9 Å². The molecule has 8 heteroatoms. The van der Waals surface area contributed by atoms with E-state index in [4.69, 9.17) is 4.74 Å². The molecule has 2 N–H and O–H groups in total. The minimum absolute atomic E-state index is 0.0422. The van der Waals surface area contributed by atoms with Crippen molar-refractivity contribution in [1.82, 2.24) is 10.2 Å². The number of anilines is 1. The normalized spacial score (nSPS) is 15.7. The molecule has 0 radical (unpaired) electrons. The highest BCUT2D eigenvalue weighted by Crippen LogP contribution is 2.20. The van der Waals surface area contributed by atoms with Gasteiger partial charge >= 0.3 is 0 Å². The average molecular weight is 432 g/mol. The van der Waals surface area contributed by atoms with Gasteiger partial charge in [0.05, 0.1) is 12.0 Å². The first-order chi connectivity index (χ1) is 14.3. The predicted molar refractivity (Wildman–Crippen MR) is 117 cm³/mol. The predicted octanol–water partition coefficient (Wildman–Crippen LogP) is 3.10. The SMILES string of the molecule is COc1ccc(NS(=O)(=O)c2cccc(C(=O)NC3CCN(C(C)C)CC3)c2)cc1. The molecule has 0 aliphatic carbocycles. The highest BCUT2D eigenvalue weighted by Gasteiger charge is 2.23. The molecule has 2 aromatic carbocycles. The van der Waals surface area contributed by atoms with Crippen molar-refractivity contribution in [2.24, 2.45) is 0 Å². The summed E-state index contributed by atoms with van der Waals surface area (Å²) in [6.07, 6.45) is 1.78. The Hall–Kier alpha value is -2.58. The molecule has 3 rings (SSSR count). The molecule has 162 valence electrons. The summed E-state index contributed by atoms with van der Waals surface area (Å²) in [5, 5.41) is 3.04. The number of nitrogens with zero attached hydrogens (tertiary/aromatic N) is 1. The molecule has 0 spiro atoms. The fraction of sp³-hybridized carbons (Fsp3) is 0.409. The summed E-state index contributed by atoms with van der Waals surface area (Å²) in [5.41, 5.74) is 0.751. The Morgan fingerprint density at radius 2 is 1.77 bits per heavy atom. The van der Waals surface area contributed by atoms with Crippen LogP contribution in [0.3, 0.4) is 0 Å². The Balaban J connectivity index is 1.66. The maximum atomic E-state index is 12.7. The number of carbonyl (C=O) groups is 1. The number of sulfonamides is 1. The molecule has 0 atom stereocenters. The second-order valence-electron chi connectivity index (χ2n) is 7.74. The molecule has 0 aromatic heterocycles. The molecule has 1 aliphatic heterocycles. The van der Waals surface area contributed by atoms with E-state index in [1.54, 1.807) is 43.5 Å². The van der Waals surface area contributed by atoms with E-state index in [1.165, 1.54) is 12.1 Å². The van der Waals surface area contributed by atoms with Gasteiger partial charge in [-0.25, -0.2) is 8.42 Å². The molecule has 1 saturated heterocycles. The number of likely N-dealkylation sites (tertiary alicyclic amines) is 1. The van der Waals surface area contributed by atoms with Gasteiger partial charge in [0.15, 0.2) is 0 Å². The van der Waals surface area contributed by atoms with E-state index in [2.05, 4.69) is 28.8 Å². The summed E-state index contributed by atoms with van der Waals surface area (Å²) in [6.45, 7) is 6.24. The summed E-state index contributed by atoms with van der Waals surface area (Å²) in [7, 11) is -2.27. The van der Waals surface area contributed by atoms with E-state index in [-0.39, 0.29) is 16.8 Å². The first kappa shape index (κ1) is 22.1. The third-order valence-electron chi connectivity index (χ3n) is 5.34. The molecule has 0 unspecified atom stereocenters. The van der Waals surface area contributed by atoms with Crippen molar-refractivity contribution in [2.45, 2.75) is 43.7 Å². The van der Waals surface area contributed by atoms with Crippen LogP contribution in [0.1, 0.15) is 37.0 Å². The van der Waals surface area contributed by atoms with Crippen molar-refractivity contribution in [3.8, 4) is 5.75 Å². The van der Waals surface area contributed by atoms with E-state index in [1.807, 2.05) is 0 Å². The first-order valence-electron chi connectivity index (χ1n) is 10.1. The quantitative estimate of drug-likeness (QED) is 0.703. The number of hydrogen-bond acceptors (Lipinski definition) is 5. The van der Waals surface area contributed by atoms with Crippen molar-refractivity contribution in [3.05, 3.63) is 54.1 Å². The standard InChI is InChI=1S/C22H29N3O4S/c1-16(2)25-13-11-18(12-14-25)23-22(26)17-5-4-6-21(15-17)30(27,28)24-19-7-9-20(29-3)10-8-19/h4-10,15-16,18,24H,11-14H2,1-3H3,(H,23,26). The van der Waals surface area contributed by atoms with Gasteiger partial charge in [-0.05, 0) is 69.2 Å². The molecule has 1 heterocycles. The van der Waals surface area contributed by atoms with E-state index >= 15 is 0 Å². The molecule has 2 aromatic rings. The Morgan fingerprint density at radius 3 is 2.37 bits per heavy atom. The number of benzene rings is 2. The number of rotatable bonds is 7. The summed E-state index contributed by atoms with van der Waals surface area (Å²) in [5.74, 6) is 0.385. The summed E-state index contributed by atoms with van der Waals surface area (Å²) in [4.78, 5) is 15.1. The van der Waals surface area contributed by atoms with Gasteiger partial charge in [0.25, 0.3) is 15.9 Å². The maximum Gasteiger partial charge on any atom is 0.261 e. The highest BCUT2D eigenvalue weighted by molar-refractivity contribution is 7.92. The fourth-order valence-electron chi connectivity index (χ4n) is 3.51. The van der Waals surface area contributed by atoms with E-state index in [0.29, 0.717) is 23.0 Å². The third kappa shape index (κ3) is 5.52. The number of piperidine rings is 1. The largest absolute Gasteiger partial charge is 0.497 e. The number of methoxy groups -OCH3 is 1. The van der Waals surface area contributed by atoms with Gasteiger partial charge in [-0.3, -0.25) is 9.52 Å². The second kappa shape index (κ2) is 9.49. The van der Waals surface area contributed by atoms with Crippen LogP contribution >= 0.6 is 0 Å². The minimum atomic E-state index is -3.82. The van der Waals surface area contributed by atoms with Crippen molar-refractivity contribution in [1.29, 1.82) is 0 Å². The molecule has 30 heavy (non-hydrogen) atoms. The zero-order chi connectivity index (χ0) is 21.7. The Morgan fingerprint density at radius 1 is 1.10 bits per heavy atom. The number of nitrogens with one attached hydrogen (secondary N) is 2. The lowest BCUT2D eigenvalue weighted by Gasteiger charge is -2.34. The molecule has 0 bridgehead atoms. The smallest absolute Gasteiger partial charge is 0.261 e. The van der Waals surface area contributed by atoms with Crippen LogP contribution in [0.4, 0.5) is 5.69 Å². The van der Waals surface area contributed by atoms with E-state index in [0.717, 1.165) is 25.9 Å². The van der Waals surface area contributed by atoms with Gasteiger partial charge in [-0.2, -0.15) is 0 Å². The Kier molecular flexibility index (Phi) is 6.99. The van der Waals surface area contributed by atoms with E-state index in [9.17, 15) is 13.2 Å². The molecular weight excluding hydrogens is 402 g/mol. The van der Waals surface area contributed by atoms with Crippen LogP contribution in [0.15, 0.2) is 53.4 Å². The molecule has 1 fully saturated rings. The number of amides is 1. The van der Waals surface area contributed by atoms with Crippen LogP contribution in [0.5, 0.6) is 5.75 Å². The van der Waals surface area contributed by atoms with Crippen molar-refractivity contribution < 1.29 is 17.9 Å². The lowest BCUT2D eigenvalue weighted by molar-refractivity contribution is 0.0900. The number of carbonyl (C=O) groups excluding carboxylic acids is 1. The van der Waals surface area contributed by atoms with Gasteiger partial charge in [0.1, 0.15) is 5.75 Å². The Labute approximate surface area is 178 Å². The highest BCUT2D eigenvalue weighted by atomic mass is 32.2. The van der Waals surface area contributed by atoms with Gasteiger partial charge in [0, 0.05) is 36.4 Å². The number of ether oxygens (including phenoxy) is 1. The Bertz CT molecular complexity index is 966. The fourth-order valence-corrected chi connectivity index (χ4v) is 4.61. The van der Waals surface area contributed by atoms with Gasteiger partial charge in [0.2, 0.25) is 0 Å². The van der Waals surface area contributed by atoms with Gasteiger partial charge < -0.3 is 15.0 Å². The topological polar surface area (TPSA) is 87.7 Å². The van der Waals surface area contributed by atoms with Crippen LogP contribution in [0, 0.1) is 0 Å². The summed E-state index contributed by atoms with van der Waals surface area (Å²) < 4.78 is 33.1. The van der Waals surface area contributed by atoms with Crippen LogP contribution in [-0.4, -0.2) is 51.5 Å². The zero-order valence-electron chi connectivity index (χ0n) is 17.6. The van der Waals surface area contributed by atoms with E-state index < -0.39 is 10.0 Å². The minimum Gasteiger partial charge on any atom is -0.497 e. The lowest BCUT2D eigenvalue weighted by Crippen LogP contribution is -2.46. The second-order valence-corrected chi connectivity index (χ2v) is 9.42.